The molecule has 1 unspecified atom stereocenters. The van der Waals surface area contributed by atoms with Crippen LogP contribution in [0.25, 0.3) is 0 Å². The number of rotatable bonds is 4. The number of hydrogen-bond acceptors (Lipinski definition) is 3. The number of benzene rings is 1. The maximum absolute atomic E-state index is 12.4. The van der Waals surface area contributed by atoms with E-state index < -0.39 is 0 Å². The van der Waals surface area contributed by atoms with Gasteiger partial charge in [0.2, 0.25) is 5.91 Å². The number of halogens is 1. The van der Waals surface area contributed by atoms with Crippen LogP contribution in [0.4, 0.5) is 5.69 Å². The van der Waals surface area contributed by atoms with E-state index in [0.717, 1.165) is 41.8 Å². The molecule has 1 fully saturated rings. The second-order valence-electron chi connectivity index (χ2n) is 4.56. The summed E-state index contributed by atoms with van der Waals surface area (Å²) in [7, 11) is 1.63. The molecule has 0 bridgehead atoms. The molecule has 1 aliphatic heterocycles. The van der Waals surface area contributed by atoms with Gasteiger partial charge in [-0.2, -0.15) is 0 Å². The Hall–Kier alpha value is -1.07. The monoisotopic (exact) mass is 326 g/mol. The summed E-state index contributed by atoms with van der Waals surface area (Å²) in [6.07, 6.45) is 1.93. The van der Waals surface area contributed by atoms with E-state index in [4.69, 9.17) is 4.74 Å². The average Bonchev–Trinajstić information content (AvgIpc) is 2.42. The van der Waals surface area contributed by atoms with Crippen molar-refractivity contribution in [3.05, 3.63) is 22.7 Å². The summed E-state index contributed by atoms with van der Waals surface area (Å²) >= 11 is 3.43. The van der Waals surface area contributed by atoms with Crippen molar-refractivity contribution in [3.63, 3.8) is 0 Å². The highest BCUT2D eigenvalue weighted by atomic mass is 79.9. The van der Waals surface area contributed by atoms with Gasteiger partial charge in [0.15, 0.2) is 0 Å². The lowest BCUT2D eigenvalue weighted by atomic mass is 10.0. The average molecular weight is 327 g/mol. The second-order valence-corrected chi connectivity index (χ2v) is 5.42. The van der Waals surface area contributed by atoms with E-state index in [1.165, 1.54) is 0 Å². The third-order valence-corrected chi connectivity index (χ3v) is 3.99. The van der Waals surface area contributed by atoms with Crippen LogP contribution < -0.4 is 15.0 Å². The van der Waals surface area contributed by atoms with Crippen molar-refractivity contribution in [2.24, 2.45) is 0 Å². The van der Waals surface area contributed by atoms with Gasteiger partial charge in [0.25, 0.3) is 0 Å². The number of nitrogens with one attached hydrogen (secondary N) is 1. The molecule has 1 saturated heterocycles. The fraction of sp³-hybridized carbons (Fsp3) is 0.500. The molecular weight excluding hydrogens is 308 g/mol. The Morgan fingerprint density at radius 1 is 1.53 bits per heavy atom. The number of carbonyl (C=O) groups excluding carboxylic acids is 1. The molecule has 2 rings (SSSR count). The van der Waals surface area contributed by atoms with E-state index in [0.29, 0.717) is 0 Å². The first-order chi connectivity index (χ1) is 9.17. The van der Waals surface area contributed by atoms with E-state index in [1.54, 1.807) is 7.11 Å². The Morgan fingerprint density at radius 2 is 2.32 bits per heavy atom. The normalized spacial score (nSPS) is 19.6. The molecule has 1 amide bonds. The number of hydrogen-bond donors (Lipinski definition) is 1. The van der Waals surface area contributed by atoms with Crippen molar-refractivity contribution in [3.8, 4) is 5.75 Å². The fourth-order valence-corrected chi connectivity index (χ4v) is 2.79. The number of likely N-dealkylation sites (N-methyl/N-ethyl adjacent to an activating group) is 1. The highest BCUT2D eigenvalue weighted by molar-refractivity contribution is 9.10. The lowest BCUT2D eigenvalue weighted by Gasteiger charge is -2.32. The van der Waals surface area contributed by atoms with Crippen molar-refractivity contribution in [2.75, 3.05) is 25.1 Å². The summed E-state index contributed by atoms with van der Waals surface area (Å²) in [5.74, 6) is 0.897. The number of carbonyl (C=O) groups is 1. The number of piperidine rings is 1. The molecule has 1 aromatic rings. The van der Waals surface area contributed by atoms with Crippen molar-refractivity contribution < 1.29 is 9.53 Å². The minimum atomic E-state index is -0.0617. The number of ether oxygens (including phenoxy) is 1. The van der Waals surface area contributed by atoms with Gasteiger partial charge in [-0.25, -0.2) is 0 Å². The van der Waals surface area contributed by atoms with E-state index >= 15 is 0 Å². The van der Waals surface area contributed by atoms with E-state index in [1.807, 2.05) is 30.0 Å². The van der Waals surface area contributed by atoms with Gasteiger partial charge in [-0.1, -0.05) is 6.92 Å². The number of methoxy groups -OCH3 is 1. The molecule has 0 aromatic heterocycles. The van der Waals surface area contributed by atoms with E-state index in [9.17, 15) is 4.79 Å². The number of amides is 1. The molecule has 1 heterocycles. The number of anilines is 1. The van der Waals surface area contributed by atoms with Crippen LogP contribution in [0.15, 0.2) is 22.7 Å². The Kier molecular flexibility index (Phi) is 4.82. The molecule has 5 heteroatoms. The molecule has 19 heavy (non-hydrogen) atoms. The molecule has 4 nitrogen and oxygen atoms in total. The van der Waals surface area contributed by atoms with Crippen molar-refractivity contribution >= 4 is 27.5 Å². The smallest absolute Gasteiger partial charge is 0.244 e. The van der Waals surface area contributed by atoms with Gasteiger partial charge in [0.1, 0.15) is 5.75 Å². The molecule has 104 valence electrons. The molecule has 0 radical (unpaired) electrons. The highest BCUT2D eigenvalue weighted by Crippen LogP contribution is 2.31. The molecule has 0 aliphatic carbocycles. The van der Waals surface area contributed by atoms with Crippen LogP contribution in [0.2, 0.25) is 0 Å². The summed E-state index contributed by atoms with van der Waals surface area (Å²) < 4.78 is 6.18. The Balaban J connectivity index is 2.23. The molecule has 1 aromatic carbocycles. The summed E-state index contributed by atoms with van der Waals surface area (Å²) in [5, 5.41) is 3.24. The molecular formula is C14H19BrN2O2. The lowest BCUT2D eigenvalue weighted by molar-refractivity contribution is -0.121. The van der Waals surface area contributed by atoms with Crippen LogP contribution in [0.3, 0.4) is 0 Å². The molecule has 0 spiro atoms. The van der Waals surface area contributed by atoms with E-state index in [-0.39, 0.29) is 11.9 Å². The van der Waals surface area contributed by atoms with Gasteiger partial charge in [-0.3, -0.25) is 4.79 Å². The first-order valence-corrected chi connectivity index (χ1v) is 7.35. The van der Waals surface area contributed by atoms with Crippen molar-refractivity contribution in [1.82, 2.24) is 5.32 Å². The maximum atomic E-state index is 12.4. The summed E-state index contributed by atoms with van der Waals surface area (Å²) in [4.78, 5) is 14.3. The third kappa shape index (κ3) is 3.09. The van der Waals surface area contributed by atoms with Gasteiger partial charge < -0.3 is 15.0 Å². The predicted molar refractivity (Wildman–Crippen MR) is 79.7 cm³/mol. The Bertz CT molecular complexity index is 463. The van der Waals surface area contributed by atoms with Gasteiger partial charge >= 0.3 is 0 Å². The van der Waals surface area contributed by atoms with E-state index in [2.05, 4.69) is 21.2 Å². The topological polar surface area (TPSA) is 41.6 Å². The number of nitrogens with zero attached hydrogens (tertiary/aromatic N) is 1. The Labute approximate surface area is 122 Å². The van der Waals surface area contributed by atoms with Crippen LogP contribution in [0.1, 0.15) is 19.8 Å². The predicted octanol–water partition coefficient (Wildman–Crippen LogP) is 2.56. The maximum Gasteiger partial charge on any atom is 0.244 e. The van der Waals surface area contributed by atoms with Crippen LogP contribution in [0, 0.1) is 0 Å². The molecule has 1 aliphatic rings. The van der Waals surface area contributed by atoms with Crippen molar-refractivity contribution in [1.29, 1.82) is 0 Å². The largest absolute Gasteiger partial charge is 0.495 e. The minimum absolute atomic E-state index is 0.0617. The van der Waals surface area contributed by atoms with Crippen LogP contribution in [-0.2, 0) is 4.79 Å². The van der Waals surface area contributed by atoms with Gasteiger partial charge in [-0.15, -0.1) is 0 Å². The summed E-state index contributed by atoms with van der Waals surface area (Å²) in [6, 6.07) is 5.70. The summed E-state index contributed by atoms with van der Waals surface area (Å²) in [6.45, 7) is 3.61. The second kappa shape index (κ2) is 6.39. The lowest BCUT2D eigenvalue weighted by Crippen LogP contribution is -2.50. The molecule has 0 saturated carbocycles. The standard InChI is InChI=1S/C14H19BrN2O2/c1-3-16-12-5-4-8-17(14(12)18)10-6-7-11(15)13(9-10)19-2/h6-7,9,12,16H,3-5,8H2,1-2H3. The summed E-state index contributed by atoms with van der Waals surface area (Å²) in [5.41, 5.74) is 0.896. The quantitative estimate of drug-likeness (QED) is 0.924. The van der Waals surface area contributed by atoms with Gasteiger partial charge in [-0.05, 0) is 47.4 Å². The zero-order valence-electron chi connectivity index (χ0n) is 11.3. The molecule has 1 atom stereocenters. The van der Waals surface area contributed by atoms with Crippen LogP contribution in [0.5, 0.6) is 5.75 Å². The Morgan fingerprint density at radius 3 is 3.00 bits per heavy atom. The zero-order valence-corrected chi connectivity index (χ0v) is 12.9. The van der Waals surface area contributed by atoms with Gasteiger partial charge in [0, 0.05) is 18.3 Å². The fourth-order valence-electron chi connectivity index (χ4n) is 2.38. The first kappa shape index (κ1) is 14.3. The van der Waals surface area contributed by atoms with Gasteiger partial charge in [0.05, 0.1) is 17.6 Å². The van der Waals surface area contributed by atoms with Crippen molar-refractivity contribution in [2.45, 2.75) is 25.8 Å². The molecule has 1 N–H and O–H groups in total. The van der Waals surface area contributed by atoms with Crippen LogP contribution >= 0.6 is 15.9 Å². The SMILES string of the molecule is CCNC1CCCN(c2ccc(Br)c(OC)c2)C1=O. The third-order valence-electron chi connectivity index (χ3n) is 3.34. The minimum Gasteiger partial charge on any atom is -0.495 e. The zero-order chi connectivity index (χ0) is 13.8. The van der Waals surface area contributed by atoms with Crippen LogP contribution in [-0.4, -0.2) is 32.1 Å². The first-order valence-electron chi connectivity index (χ1n) is 6.55. The highest BCUT2D eigenvalue weighted by Gasteiger charge is 2.29.